The van der Waals surface area contributed by atoms with Gasteiger partial charge >= 0.3 is 0 Å². The van der Waals surface area contributed by atoms with Gasteiger partial charge in [-0.1, -0.05) is 19.9 Å². The number of piperidine rings is 1. The maximum Gasteiger partial charge on any atom is 0.160 e. The van der Waals surface area contributed by atoms with Crippen LogP contribution in [-0.2, 0) is 11.2 Å². The number of ketones is 1. The van der Waals surface area contributed by atoms with Crippen molar-refractivity contribution in [3.05, 3.63) is 23.8 Å². The first kappa shape index (κ1) is 16.8. The van der Waals surface area contributed by atoms with Crippen molar-refractivity contribution in [3.8, 4) is 11.5 Å². The van der Waals surface area contributed by atoms with E-state index in [-0.39, 0.29) is 11.7 Å². The maximum absolute atomic E-state index is 12.0. The van der Waals surface area contributed by atoms with Gasteiger partial charge in [-0.3, -0.25) is 4.79 Å². The molecule has 0 saturated carbocycles. The average Bonchev–Trinajstić information content (AvgIpc) is 2.49. The summed E-state index contributed by atoms with van der Waals surface area (Å²) in [6.45, 7) is 7.04. The normalized spacial score (nSPS) is 19.6. The predicted molar refractivity (Wildman–Crippen MR) is 87.4 cm³/mol. The SMILES string of the molecule is COc1cc(CCN2CCC(=O)C(CC(C)C)C2)ccc1O. The highest BCUT2D eigenvalue weighted by Crippen LogP contribution is 2.27. The van der Waals surface area contributed by atoms with Gasteiger partial charge < -0.3 is 14.7 Å². The number of likely N-dealkylation sites (tertiary alicyclic amines) is 1. The van der Waals surface area contributed by atoms with E-state index < -0.39 is 0 Å². The molecule has 0 aliphatic carbocycles. The lowest BCUT2D eigenvalue weighted by Gasteiger charge is -2.32. The minimum absolute atomic E-state index is 0.173. The molecule has 122 valence electrons. The highest BCUT2D eigenvalue weighted by molar-refractivity contribution is 5.82. The third kappa shape index (κ3) is 4.47. The third-order valence-electron chi connectivity index (χ3n) is 4.33. The summed E-state index contributed by atoms with van der Waals surface area (Å²) in [5, 5.41) is 9.63. The summed E-state index contributed by atoms with van der Waals surface area (Å²) in [6.07, 6.45) is 2.57. The Morgan fingerprint density at radius 3 is 2.86 bits per heavy atom. The van der Waals surface area contributed by atoms with Crippen LogP contribution in [0, 0.1) is 11.8 Å². The van der Waals surface area contributed by atoms with Gasteiger partial charge in [-0.15, -0.1) is 0 Å². The van der Waals surface area contributed by atoms with Gasteiger partial charge in [0.2, 0.25) is 0 Å². The van der Waals surface area contributed by atoms with Crippen LogP contribution in [0.15, 0.2) is 18.2 Å². The second-order valence-electron chi connectivity index (χ2n) is 6.60. The molecule has 4 heteroatoms. The molecule has 1 aliphatic heterocycles. The number of phenols is 1. The fourth-order valence-corrected chi connectivity index (χ4v) is 3.12. The molecule has 0 radical (unpaired) electrons. The fourth-order valence-electron chi connectivity index (χ4n) is 3.12. The first-order valence-corrected chi connectivity index (χ1v) is 8.10. The van der Waals surface area contributed by atoms with Crippen molar-refractivity contribution in [2.24, 2.45) is 11.8 Å². The quantitative estimate of drug-likeness (QED) is 0.878. The van der Waals surface area contributed by atoms with Crippen molar-refractivity contribution >= 4 is 5.78 Å². The zero-order valence-electron chi connectivity index (χ0n) is 13.8. The molecule has 0 amide bonds. The number of nitrogens with zero attached hydrogens (tertiary/aromatic N) is 1. The molecule has 1 aromatic carbocycles. The van der Waals surface area contributed by atoms with Gasteiger partial charge in [-0.2, -0.15) is 0 Å². The molecule has 0 aromatic heterocycles. The Balaban J connectivity index is 1.90. The molecule has 1 N–H and O–H groups in total. The number of rotatable bonds is 6. The molecule has 0 bridgehead atoms. The Bertz CT molecular complexity index is 513. The minimum Gasteiger partial charge on any atom is -0.504 e. The van der Waals surface area contributed by atoms with Gasteiger partial charge in [-0.25, -0.2) is 0 Å². The summed E-state index contributed by atoms with van der Waals surface area (Å²) in [7, 11) is 1.56. The van der Waals surface area contributed by atoms with E-state index in [9.17, 15) is 9.90 Å². The molecule has 1 fully saturated rings. The van der Waals surface area contributed by atoms with E-state index in [1.54, 1.807) is 13.2 Å². The van der Waals surface area contributed by atoms with Gasteiger partial charge in [-0.05, 0) is 36.5 Å². The molecule has 1 aromatic rings. The van der Waals surface area contributed by atoms with Crippen molar-refractivity contribution in [2.75, 3.05) is 26.7 Å². The standard InChI is InChI=1S/C18H27NO3/c1-13(2)10-15-12-19(9-7-16(15)20)8-6-14-4-5-17(21)18(11-14)22-3/h4-5,11,13,15,21H,6-10,12H2,1-3H3. The highest BCUT2D eigenvalue weighted by Gasteiger charge is 2.27. The number of Topliss-reactive ketones (excluding diaryl/α,β-unsaturated/α-hetero) is 1. The van der Waals surface area contributed by atoms with Crippen LogP contribution in [0.5, 0.6) is 11.5 Å². The van der Waals surface area contributed by atoms with E-state index in [1.165, 1.54) is 0 Å². The number of benzene rings is 1. The van der Waals surface area contributed by atoms with E-state index in [1.807, 2.05) is 12.1 Å². The number of hydrogen-bond acceptors (Lipinski definition) is 4. The van der Waals surface area contributed by atoms with Gasteiger partial charge in [0, 0.05) is 32.0 Å². The van der Waals surface area contributed by atoms with E-state index in [2.05, 4.69) is 18.7 Å². The topological polar surface area (TPSA) is 49.8 Å². The van der Waals surface area contributed by atoms with Crippen molar-refractivity contribution in [1.82, 2.24) is 4.90 Å². The predicted octanol–water partition coefficient (Wildman–Crippen LogP) is 2.88. The number of carbonyl (C=O) groups excluding carboxylic acids is 1. The first-order valence-electron chi connectivity index (χ1n) is 8.10. The lowest BCUT2D eigenvalue weighted by Crippen LogP contribution is -2.42. The van der Waals surface area contributed by atoms with Gasteiger partial charge in [0.15, 0.2) is 11.5 Å². The lowest BCUT2D eigenvalue weighted by atomic mass is 9.88. The molecule has 1 atom stereocenters. The molecule has 1 unspecified atom stereocenters. The number of phenolic OH excluding ortho intramolecular Hbond substituents is 1. The summed E-state index contributed by atoms with van der Waals surface area (Å²) in [5.74, 6) is 1.88. The zero-order chi connectivity index (χ0) is 16.1. The van der Waals surface area contributed by atoms with E-state index in [4.69, 9.17) is 4.74 Å². The van der Waals surface area contributed by atoms with Crippen molar-refractivity contribution in [1.29, 1.82) is 0 Å². The van der Waals surface area contributed by atoms with Crippen LogP contribution in [0.25, 0.3) is 0 Å². The van der Waals surface area contributed by atoms with E-state index >= 15 is 0 Å². The third-order valence-corrected chi connectivity index (χ3v) is 4.33. The Hall–Kier alpha value is -1.55. The largest absolute Gasteiger partial charge is 0.504 e. The molecule has 1 heterocycles. The second-order valence-corrected chi connectivity index (χ2v) is 6.60. The number of methoxy groups -OCH3 is 1. The van der Waals surface area contributed by atoms with Gasteiger partial charge in [0.05, 0.1) is 7.11 Å². The molecule has 1 aliphatic rings. The first-order chi connectivity index (χ1) is 10.5. The molecule has 1 saturated heterocycles. The number of aromatic hydroxyl groups is 1. The van der Waals surface area contributed by atoms with Crippen LogP contribution >= 0.6 is 0 Å². The molecule has 4 nitrogen and oxygen atoms in total. The second kappa shape index (κ2) is 7.63. The van der Waals surface area contributed by atoms with Gasteiger partial charge in [0.25, 0.3) is 0 Å². The van der Waals surface area contributed by atoms with Crippen LogP contribution in [0.4, 0.5) is 0 Å². The molecular formula is C18H27NO3. The zero-order valence-corrected chi connectivity index (χ0v) is 13.8. The summed E-state index contributed by atoms with van der Waals surface area (Å²) in [4.78, 5) is 14.4. The number of carbonyl (C=O) groups is 1. The molecular weight excluding hydrogens is 278 g/mol. The van der Waals surface area contributed by atoms with Crippen LogP contribution in [0.2, 0.25) is 0 Å². The van der Waals surface area contributed by atoms with Crippen molar-refractivity contribution < 1.29 is 14.6 Å². The fraction of sp³-hybridized carbons (Fsp3) is 0.611. The summed E-state index contributed by atoms with van der Waals surface area (Å²) < 4.78 is 5.14. The molecule has 2 rings (SSSR count). The van der Waals surface area contributed by atoms with E-state index in [0.29, 0.717) is 23.9 Å². The number of ether oxygens (including phenoxy) is 1. The molecule has 0 spiro atoms. The monoisotopic (exact) mass is 305 g/mol. The Morgan fingerprint density at radius 1 is 1.41 bits per heavy atom. The van der Waals surface area contributed by atoms with Crippen LogP contribution in [0.1, 0.15) is 32.3 Å². The minimum atomic E-state index is 0.173. The summed E-state index contributed by atoms with van der Waals surface area (Å²) >= 11 is 0. The van der Waals surface area contributed by atoms with Crippen LogP contribution < -0.4 is 4.74 Å². The van der Waals surface area contributed by atoms with E-state index in [0.717, 1.165) is 38.0 Å². The van der Waals surface area contributed by atoms with Gasteiger partial charge in [0.1, 0.15) is 5.78 Å². The Morgan fingerprint density at radius 2 is 2.18 bits per heavy atom. The summed E-state index contributed by atoms with van der Waals surface area (Å²) in [5.41, 5.74) is 1.15. The smallest absolute Gasteiger partial charge is 0.160 e. The highest BCUT2D eigenvalue weighted by atomic mass is 16.5. The average molecular weight is 305 g/mol. The van der Waals surface area contributed by atoms with Crippen molar-refractivity contribution in [2.45, 2.75) is 33.1 Å². The number of hydrogen-bond donors (Lipinski definition) is 1. The molecule has 22 heavy (non-hydrogen) atoms. The Labute approximate surface area is 133 Å². The summed E-state index contributed by atoms with van der Waals surface area (Å²) in [6, 6.07) is 5.49. The Kier molecular flexibility index (Phi) is 5.83. The lowest BCUT2D eigenvalue weighted by molar-refractivity contribution is -0.126. The van der Waals surface area contributed by atoms with Crippen LogP contribution in [0.3, 0.4) is 0 Å². The maximum atomic E-state index is 12.0. The van der Waals surface area contributed by atoms with Crippen molar-refractivity contribution in [3.63, 3.8) is 0 Å². The van der Waals surface area contributed by atoms with Crippen LogP contribution in [-0.4, -0.2) is 42.5 Å².